The van der Waals surface area contributed by atoms with E-state index in [-0.39, 0.29) is 0 Å². The Labute approximate surface area is 115 Å². The topological polar surface area (TPSA) is 29.9 Å². The molecule has 1 aromatic carbocycles. The van der Waals surface area contributed by atoms with Gasteiger partial charge >= 0.3 is 0 Å². The van der Waals surface area contributed by atoms with Crippen molar-refractivity contribution in [3.05, 3.63) is 52.3 Å². The Hall–Kier alpha value is -1.61. The van der Waals surface area contributed by atoms with Gasteiger partial charge in [0.05, 0.1) is 12.7 Å². The second kappa shape index (κ2) is 6.02. The van der Waals surface area contributed by atoms with Crippen molar-refractivity contribution in [3.63, 3.8) is 0 Å². The van der Waals surface area contributed by atoms with Gasteiger partial charge in [-0.3, -0.25) is 4.68 Å². The second-order valence-corrected chi connectivity index (χ2v) is 5.06. The number of nitrogens with zero attached hydrogens (tertiary/aromatic N) is 2. The number of rotatable bonds is 5. The van der Waals surface area contributed by atoms with E-state index >= 15 is 0 Å². The molecule has 1 N–H and O–H groups in total. The summed E-state index contributed by atoms with van der Waals surface area (Å²) >= 11 is 0. The first-order valence-corrected chi connectivity index (χ1v) is 6.90. The molecule has 0 radical (unpaired) electrons. The predicted molar refractivity (Wildman–Crippen MR) is 79.4 cm³/mol. The zero-order valence-corrected chi connectivity index (χ0v) is 12.3. The summed E-state index contributed by atoms with van der Waals surface area (Å²) in [5.41, 5.74) is 6.59. The summed E-state index contributed by atoms with van der Waals surface area (Å²) in [6.07, 6.45) is 1.98. The monoisotopic (exact) mass is 257 g/mol. The molecule has 3 heteroatoms. The molecule has 0 aliphatic carbocycles. The Morgan fingerprint density at radius 3 is 2.47 bits per heavy atom. The maximum absolute atomic E-state index is 4.52. The van der Waals surface area contributed by atoms with Gasteiger partial charge in [-0.1, -0.05) is 25.1 Å². The highest BCUT2D eigenvalue weighted by molar-refractivity contribution is 5.34. The molecule has 0 aliphatic heterocycles. The number of hydrogen-bond acceptors (Lipinski definition) is 2. The number of aromatic nitrogens is 2. The summed E-state index contributed by atoms with van der Waals surface area (Å²) in [5, 5.41) is 7.87. The Morgan fingerprint density at radius 2 is 1.84 bits per heavy atom. The molecule has 19 heavy (non-hydrogen) atoms. The normalized spacial score (nSPS) is 10.9. The summed E-state index contributed by atoms with van der Waals surface area (Å²) in [4.78, 5) is 0. The van der Waals surface area contributed by atoms with E-state index in [9.17, 15) is 0 Å². The van der Waals surface area contributed by atoms with Crippen LogP contribution >= 0.6 is 0 Å². The van der Waals surface area contributed by atoms with E-state index in [1.54, 1.807) is 0 Å². The van der Waals surface area contributed by atoms with E-state index < -0.39 is 0 Å². The Bertz CT molecular complexity index is 535. The zero-order chi connectivity index (χ0) is 13.8. The number of nitrogens with one attached hydrogen (secondary N) is 1. The predicted octanol–water partition coefficient (Wildman–Crippen LogP) is 2.97. The largest absolute Gasteiger partial charge is 0.313 e. The van der Waals surface area contributed by atoms with E-state index in [0.717, 1.165) is 19.6 Å². The first kappa shape index (κ1) is 13.8. The lowest BCUT2D eigenvalue weighted by atomic mass is 10.0. The maximum Gasteiger partial charge on any atom is 0.0667 e. The van der Waals surface area contributed by atoms with E-state index in [2.05, 4.69) is 61.0 Å². The van der Waals surface area contributed by atoms with Gasteiger partial charge in [0, 0.05) is 17.8 Å². The van der Waals surface area contributed by atoms with Gasteiger partial charge in [-0.2, -0.15) is 5.10 Å². The summed E-state index contributed by atoms with van der Waals surface area (Å²) in [7, 11) is 0. The van der Waals surface area contributed by atoms with Crippen LogP contribution in [0.1, 0.15) is 34.9 Å². The molecule has 0 spiro atoms. The van der Waals surface area contributed by atoms with Crippen LogP contribution in [0, 0.1) is 20.8 Å². The van der Waals surface area contributed by atoms with Crippen molar-refractivity contribution in [1.82, 2.24) is 15.1 Å². The fourth-order valence-corrected chi connectivity index (χ4v) is 2.33. The summed E-state index contributed by atoms with van der Waals surface area (Å²) < 4.78 is 2.10. The van der Waals surface area contributed by atoms with Crippen LogP contribution in [0.3, 0.4) is 0 Å². The molecule has 0 amide bonds. The summed E-state index contributed by atoms with van der Waals surface area (Å²) in [6, 6.07) is 6.45. The SMILES string of the molecule is CCNCc1cnn(Cc2c(C)cccc2C)c1C. The van der Waals surface area contributed by atoms with Gasteiger partial charge in [0.25, 0.3) is 0 Å². The van der Waals surface area contributed by atoms with Crippen molar-refractivity contribution >= 4 is 0 Å². The minimum atomic E-state index is 0.858. The van der Waals surface area contributed by atoms with Crippen LogP contribution < -0.4 is 5.32 Å². The molecule has 2 rings (SSSR count). The molecule has 1 aromatic heterocycles. The van der Waals surface area contributed by atoms with Crippen LogP contribution in [0.25, 0.3) is 0 Å². The highest BCUT2D eigenvalue weighted by Gasteiger charge is 2.09. The van der Waals surface area contributed by atoms with Gasteiger partial charge in [-0.25, -0.2) is 0 Å². The first-order chi connectivity index (χ1) is 9.13. The molecule has 0 bridgehead atoms. The van der Waals surface area contributed by atoms with Gasteiger partial charge in [0.15, 0.2) is 0 Å². The van der Waals surface area contributed by atoms with Crippen molar-refractivity contribution in [2.75, 3.05) is 6.54 Å². The molecule has 0 fully saturated rings. The molecule has 1 heterocycles. The smallest absolute Gasteiger partial charge is 0.0667 e. The van der Waals surface area contributed by atoms with Crippen molar-refractivity contribution < 1.29 is 0 Å². The standard InChI is InChI=1S/C16H23N3/c1-5-17-9-15-10-18-19(14(15)4)11-16-12(2)7-6-8-13(16)3/h6-8,10,17H,5,9,11H2,1-4H3. The molecule has 2 aromatic rings. The molecule has 0 atom stereocenters. The number of benzene rings is 1. The van der Waals surface area contributed by atoms with Crippen LogP contribution in [0.4, 0.5) is 0 Å². The lowest BCUT2D eigenvalue weighted by Gasteiger charge is -2.11. The minimum absolute atomic E-state index is 0.858. The third-order valence-corrected chi connectivity index (χ3v) is 3.72. The van der Waals surface area contributed by atoms with Crippen LogP contribution in [-0.2, 0) is 13.1 Å². The summed E-state index contributed by atoms with van der Waals surface area (Å²) in [6.45, 7) is 11.3. The van der Waals surface area contributed by atoms with Crippen molar-refractivity contribution in [2.24, 2.45) is 0 Å². The fourth-order valence-electron chi connectivity index (χ4n) is 2.33. The number of hydrogen-bond donors (Lipinski definition) is 1. The van der Waals surface area contributed by atoms with Crippen molar-refractivity contribution in [1.29, 1.82) is 0 Å². The van der Waals surface area contributed by atoms with Gasteiger partial charge < -0.3 is 5.32 Å². The highest BCUT2D eigenvalue weighted by Crippen LogP contribution is 2.16. The third kappa shape index (κ3) is 3.04. The van der Waals surface area contributed by atoms with E-state index in [1.807, 2.05) is 6.20 Å². The molecule has 3 nitrogen and oxygen atoms in total. The lowest BCUT2D eigenvalue weighted by Crippen LogP contribution is -2.13. The summed E-state index contributed by atoms with van der Waals surface area (Å²) in [5.74, 6) is 0. The first-order valence-electron chi connectivity index (χ1n) is 6.90. The van der Waals surface area contributed by atoms with E-state index in [0.29, 0.717) is 0 Å². The Kier molecular flexibility index (Phi) is 4.38. The molecule has 102 valence electrons. The van der Waals surface area contributed by atoms with Gasteiger partial charge in [-0.05, 0) is 44.0 Å². The number of aryl methyl sites for hydroxylation is 2. The van der Waals surface area contributed by atoms with Crippen LogP contribution in [0.5, 0.6) is 0 Å². The van der Waals surface area contributed by atoms with Crippen LogP contribution in [-0.4, -0.2) is 16.3 Å². The van der Waals surface area contributed by atoms with E-state index in [4.69, 9.17) is 0 Å². The van der Waals surface area contributed by atoms with Crippen LogP contribution in [0.15, 0.2) is 24.4 Å². The van der Waals surface area contributed by atoms with Crippen molar-refractivity contribution in [2.45, 2.75) is 40.8 Å². The molecule has 0 saturated heterocycles. The highest BCUT2D eigenvalue weighted by atomic mass is 15.3. The quantitative estimate of drug-likeness (QED) is 0.892. The Morgan fingerprint density at radius 1 is 1.16 bits per heavy atom. The average molecular weight is 257 g/mol. The molecule has 0 aliphatic rings. The average Bonchev–Trinajstić information content (AvgIpc) is 2.73. The molecule has 0 saturated carbocycles. The fraction of sp³-hybridized carbons (Fsp3) is 0.438. The molecule has 0 unspecified atom stereocenters. The maximum atomic E-state index is 4.52. The van der Waals surface area contributed by atoms with E-state index in [1.165, 1.54) is 27.9 Å². The van der Waals surface area contributed by atoms with Gasteiger partial charge in [0.2, 0.25) is 0 Å². The molecular weight excluding hydrogens is 234 g/mol. The third-order valence-electron chi connectivity index (χ3n) is 3.72. The zero-order valence-electron chi connectivity index (χ0n) is 12.3. The second-order valence-electron chi connectivity index (χ2n) is 5.06. The minimum Gasteiger partial charge on any atom is -0.313 e. The molecular formula is C16H23N3. The van der Waals surface area contributed by atoms with Gasteiger partial charge in [0.1, 0.15) is 0 Å². The van der Waals surface area contributed by atoms with Crippen molar-refractivity contribution in [3.8, 4) is 0 Å². The van der Waals surface area contributed by atoms with Crippen LogP contribution in [0.2, 0.25) is 0 Å². The Balaban J connectivity index is 2.22. The van der Waals surface area contributed by atoms with Gasteiger partial charge in [-0.15, -0.1) is 0 Å². The lowest BCUT2D eigenvalue weighted by molar-refractivity contribution is 0.654.